The molecule has 0 radical (unpaired) electrons. The van der Waals surface area contributed by atoms with Gasteiger partial charge in [-0.2, -0.15) is 11.8 Å². The maximum atomic E-state index is 3.67. The van der Waals surface area contributed by atoms with Crippen LogP contribution in [-0.4, -0.2) is 36.3 Å². The molecule has 0 aliphatic carbocycles. The van der Waals surface area contributed by atoms with E-state index in [0.29, 0.717) is 6.04 Å². The molecule has 0 saturated carbocycles. The monoisotopic (exact) mass is 298 g/mol. The lowest BCUT2D eigenvalue weighted by molar-refractivity contribution is 0.271. The maximum absolute atomic E-state index is 3.67. The fourth-order valence-electron chi connectivity index (χ4n) is 2.50. The quantitative estimate of drug-likeness (QED) is 0.831. The summed E-state index contributed by atoms with van der Waals surface area (Å²) in [5.74, 6) is 2.53. The Morgan fingerprint density at radius 2 is 2.16 bits per heavy atom. The summed E-state index contributed by atoms with van der Waals surface area (Å²) in [5.41, 5.74) is 1.59. The average molecular weight is 299 g/mol. The topological polar surface area (TPSA) is 15.3 Å². The second-order valence-electron chi connectivity index (χ2n) is 5.23. The lowest BCUT2D eigenvalue weighted by Crippen LogP contribution is -2.38. The lowest BCUT2D eigenvalue weighted by atomic mass is 10.2. The van der Waals surface area contributed by atoms with Crippen LogP contribution in [0.1, 0.15) is 36.1 Å². The molecule has 0 amide bonds. The van der Waals surface area contributed by atoms with Crippen molar-refractivity contribution in [3.05, 3.63) is 21.4 Å². The standard InChI is InChI=1S/C15H26N2S2/c1-4-17(5-2)10-12(3)16-9-14-8-13-11-18-7-6-15(13)19-14/h8,12,16H,4-7,9-11H2,1-3H3. The van der Waals surface area contributed by atoms with Crippen LogP contribution in [-0.2, 0) is 18.7 Å². The van der Waals surface area contributed by atoms with Crippen LogP contribution in [0.5, 0.6) is 0 Å². The van der Waals surface area contributed by atoms with E-state index in [2.05, 4.69) is 48.8 Å². The normalized spacial score (nSPS) is 16.6. The zero-order valence-corrected chi connectivity index (χ0v) is 14.0. The Labute approximate surface area is 126 Å². The SMILES string of the molecule is CCN(CC)CC(C)NCc1cc2c(s1)CCSC2. The molecule has 2 heterocycles. The van der Waals surface area contributed by atoms with Gasteiger partial charge in [0.25, 0.3) is 0 Å². The molecule has 2 nitrogen and oxygen atoms in total. The fourth-order valence-corrected chi connectivity index (χ4v) is 4.83. The summed E-state index contributed by atoms with van der Waals surface area (Å²) in [4.78, 5) is 5.62. The smallest absolute Gasteiger partial charge is 0.0302 e. The molecule has 1 unspecified atom stereocenters. The van der Waals surface area contributed by atoms with E-state index in [1.54, 1.807) is 10.4 Å². The summed E-state index contributed by atoms with van der Waals surface area (Å²) in [7, 11) is 0. The van der Waals surface area contributed by atoms with Crippen LogP contribution in [0.15, 0.2) is 6.07 Å². The largest absolute Gasteiger partial charge is 0.308 e. The van der Waals surface area contributed by atoms with E-state index in [1.165, 1.54) is 22.8 Å². The number of fused-ring (bicyclic) bond motifs is 1. The molecule has 1 aliphatic heterocycles. The predicted octanol–water partition coefficient (Wildman–Crippen LogP) is 3.36. The Morgan fingerprint density at radius 1 is 1.37 bits per heavy atom. The molecule has 0 spiro atoms. The van der Waals surface area contributed by atoms with Gasteiger partial charge in [0.15, 0.2) is 0 Å². The minimum absolute atomic E-state index is 0.563. The van der Waals surface area contributed by atoms with Gasteiger partial charge in [0.1, 0.15) is 0 Å². The Morgan fingerprint density at radius 3 is 2.84 bits per heavy atom. The zero-order valence-electron chi connectivity index (χ0n) is 12.4. The highest BCUT2D eigenvalue weighted by atomic mass is 32.2. The van der Waals surface area contributed by atoms with E-state index in [9.17, 15) is 0 Å². The van der Waals surface area contributed by atoms with Gasteiger partial charge in [-0.25, -0.2) is 0 Å². The zero-order chi connectivity index (χ0) is 13.7. The number of thiophene rings is 1. The molecule has 4 heteroatoms. The number of hydrogen-bond acceptors (Lipinski definition) is 4. The summed E-state index contributed by atoms with van der Waals surface area (Å²) < 4.78 is 0. The molecule has 1 aliphatic rings. The van der Waals surface area contributed by atoms with Crippen LogP contribution in [0.25, 0.3) is 0 Å². The molecule has 108 valence electrons. The Bertz CT molecular complexity index is 362. The van der Waals surface area contributed by atoms with Crippen LogP contribution in [0, 0.1) is 0 Å². The number of likely N-dealkylation sites (N-methyl/N-ethyl adjacent to an activating group) is 1. The number of aryl methyl sites for hydroxylation is 1. The van der Waals surface area contributed by atoms with Gasteiger partial charge in [0, 0.05) is 34.6 Å². The van der Waals surface area contributed by atoms with Crippen LogP contribution >= 0.6 is 23.1 Å². The molecule has 1 N–H and O–H groups in total. The van der Waals surface area contributed by atoms with Crippen LogP contribution in [0.3, 0.4) is 0 Å². The van der Waals surface area contributed by atoms with Crippen molar-refractivity contribution in [3.63, 3.8) is 0 Å². The maximum Gasteiger partial charge on any atom is 0.0302 e. The van der Waals surface area contributed by atoms with Gasteiger partial charge in [0.2, 0.25) is 0 Å². The van der Waals surface area contributed by atoms with Gasteiger partial charge in [-0.1, -0.05) is 13.8 Å². The highest BCUT2D eigenvalue weighted by Crippen LogP contribution is 2.31. The molecule has 19 heavy (non-hydrogen) atoms. The number of nitrogens with zero attached hydrogens (tertiary/aromatic N) is 1. The third-order valence-electron chi connectivity index (χ3n) is 3.73. The van der Waals surface area contributed by atoms with Crippen molar-refractivity contribution in [1.29, 1.82) is 0 Å². The van der Waals surface area contributed by atoms with Crippen molar-refractivity contribution in [1.82, 2.24) is 10.2 Å². The summed E-state index contributed by atoms with van der Waals surface area (Å²) >= 11 is 4.09. The van der Waals surface area contributed by atoms with E-state index >= 15 is 0 Å². The molecule has 0 saturated heterocycles. The molecule has 0 fully saturated rings. The minimum atomic E-state index is 0.563. The van der Waals surface area contributed by atoms with E-state index in [1.807, 2.05) is 11.3 Å². The van der Waals surface area contributed by atoms with Crippen molar-refractivity contribution in [3.8, 4) is 0 Å². The third-order valence-corrected chi connectivity index (χ3v) is 5.97. The van der Waals surface area contributed by atoms with Gasteiger partial charge in [-0.3, -0.25) is 0 Å². The van der Waals surface area contributed by atoms with Crippen molar-refractivity contribution in [2.24, 2.45) is 0 Å². The van der Waals surface area contributed by atoms with Gasteiger partial charge in [-0.15, -0.1) is 11.3 Å². The molecule has 0 aromatic carbocycles. The van der Waals surface area contributed by atoms with E-state index in [4.69, 9.17) is 0 Å². The molecule has 2 rings (SSSR count). The van der Waals surface area contributed by atoms with Crippen LogP contribution < -0.4 is 5.32 Å². The van der Waals surface area contributed by atoms with Crippen molar-refractivity contribution < 1.29 is 0 Å². The van der Waals surface area contributed by atoms with E-state index in [0.717, 1.165) is 26.2 Å². The number of thioether (sulfide) groups is 1. The number of hydrogen-bond donors (Lipinski definition) is 1. The molecule has 0 bridgehead atoms. The first-order valence-electron chi connectivity index (χ1n) is 7.36. The van der Waals surface area contributed by atoms with Crippen molar-refractivity contribution in [2.45, 2.75) is 45.5 Å². The highest BCUT2D eigenvalue weighted by molar-refractivity contribution is 7.98. The summed E-state index contributed by atoms with van der Waals surface area (Å²) in [6.45, 7) is 11.2. The lowest BCUT2D eigenvalue weighted by Gasteiger charge is -2.23. The first-order chi connectivity index (χ1) is 9.22. The highest BCUT2D eigenvalue weighted by Gasteiger charge is 2.14. The third kappa shape index (κ3) is 4.48. The predicted molar refractivity (Wildman–Crippen MR) is 88.3 cm³/mol. The molecule has 1 atom stereocenters. The van der Waals surface area contributed by atoms with Crippen LogP contribution in [0.4, 0.5) is 0 Å². The van der Waals surface area contributed by atoms with E-state index < -0.39 is 0 Å². The minimum Gasteiger partial charge on any atom is -0.308 e. The van der Waals surface area contributed by atoms with Gasteiger partial charge < -0.3 is 10.2 Å². The van der Waals surface area contributed by atoms with Gasteiger partial charge in [-0.05, 0) is 43.8 Å². The Hall–Kier alpha value is -0.0300. The summed E-state index contributed by atoms with van der Waals surface area (Å²) in [6, 6.07) is 2.98. The summed E-state index contributed by atoms with van der Waals surface area (Å²) in [5, 5.41) is 3.67. The van der Waals surface area contributed by atoms with Gasteiger partial charge in [0.05, 0.1) is 0 Å². The Kier molecular flexibility index (Phi) is 6.20. The van der Waals surface area contributed by atoms with Gasteiger partial charge >= 0.3 is 0 Å². The van der Waals surface area contributed by atoms with Crippen LogP contribution in [0.2, 0.25) is 0 Å². The number of rotatable bonds is 7. The second kappa shape index (κ2) is 7.67. The van der Waals surface area contributed by atoms with Crippen molar-refractivity contribution >= 4 is 23.1 Å². The summed E-state index contributed by atoms with van der Waals surface area (Å²) in [6.07, 6.45) is 1.28. The first kappa shape index (κ1) is 15.4. The second-order valence-corrected chi connectivity index (χ2v) is 7.56. The van der Waals surface area contributed by atoms with Crippen molar-refractivity contribution in [2.75, 3.05) is 25.4 Å². The molecule has 1 aromatic rings. The molecule has 1 aromatic heterocycles. The fraction of sp³-hybridized carbons (Fsp3) is 0.733. The first-order valence-corrected chi connectivity index (χ1v) is 9.34. The number of nitrogens with one attached hydrogen (secondary N) is 1. The molecular weight excluding hydrogens is 272 g/mol. The Balaban J connectivity index is 1.80. The molecular formula is C15H26N2S2. The average Bonchev–Trinajstić information content (AvgIpc) is 2.85. The van der Waals surface area contributed by atoms with E-state index in [-0.39, 0.29) is 0 Å².